The number of hydrogen-bond acceptors (Lipinski definition) is 5. The molecule has 0 bridgehead atoms. The van der Waals surface area contributed by atoms with Gasteiger partial charge in [0.05, 0.1) is 5.56 Å². The van der Waals surface area contributed by atoms with Crippen molar-refractivity contribution in [2.75, 3.05) is 19.6 Å². The molecular weight excluding hydrogens is 354 g/mol. The summed E-state index contributed by atoms with van der Waals surface area (Å²) < 4.78 is 6.07. The van der Waals surface area contributed by atoms with Crippen molar-refractivity contribution >= 4 is 29.1 Å². The summed E-state index contributed by atoms with van der Waals surface area (Å²) in [5.74, 6) is 1.63. The first-order valence-corrected chi connectivity index (χ1v) is 8.86. The lowest BCUT2D eigenvalue weighted by molar-refractivity contribution is -0.137. The minimum absolute atomic E-state index is 0.0633. The normalized spacial score (nSPS) is 18.9. The lowest BCUT2D eigenvalue weighted by Crippen LogP contribution is -2.53. The highest BCUT2D eigenvalue weighted by Gasteiger charge is 2.29. The average Bonchev–Trinajstić information content (AvgIpc) is 2.78. The number of fused-ring (bicyclic) bond motifs is 2. The van der Waals surface area contributed by atoms with Crippen LogP contribution in [0.15, 0.2) is 47.5 Å². The number of carbonyl (C=O) groups is 1. The summed E-state index contributed by atoms with van der Waals surface area (Å²) in [6.07, 6.45) is 0.185. The maximum atomic E-state index is 11.2. The van der Waals surface area contributed by atoms with Gasteiger partial charge in [0.2, 0.25) is 0 Å². The molecule has 2 aliphatic rings. The van der Waals surface area contributed by atoms with Gasteiger partial charge in [-0.2, -0.15) is 0 Å². The number of benzene rings is 2. The van der Waals surface area contributed by atoms with Crippen molar-refractivity contribution in [1.82, 2.24) is 10.2 Å². The van der Waals surface area contributed by atoms with Gasteiger partial charge in [-0.15, -0.1) is 0 Å². The van der Waals surface area contributed by atoms with Gasteiger partial charge in [-0.3, -0.25) is 0 Å². The fourth-order valence-corrected chi connectivity index (χ4v) is 3.48. The molecule has 6 nitrogen and oxygen atoms in total. The Hall–Kier alpha value is -2.57. The fraction of sp³-hybridized carbons (Fsp3) is 0.263. The first kappa shape index (κ1) is 16.9. The van der Waals surface area contributed by atoms with Crippen molar-refractivity contribution in [3.05, 3.63) is 53.1 Å². The van der Waals surface area contributed by atoms with Crippen molar-refractivity contribution < 1.29 is 14.6 Å². The molecule has 7 heteroatoms. The molecule has 0 unspecified atom stereocenters. The Labute approximate surface area is 156 Å². The topological polar surface area (TPSA) is 76.8 Å². The van der Waals surface area contributed by atoms with Crippen LogP contribution in [0.25, 0.3) is 0 Å². The summed E-state index contributed by atoms with van der Waals surface area (Å²) in [4.78, 5) is 18.2. The number of rotatable bonds is 2. The van der Waals surface area contributed by atoms with Crippen LogP contribution in [0.5, 0.6) is 11.5 Å². The second-order valence-corrected chi connectivity index (χ2v) is 6.81. The van der Waals surface area contributed by atoms with Crippen LogP contribution in [0.3, 0.4) is 0 Å². The number of aliphatic imine (C=N–C) groups is 1. The van der Waals surface area contributed by atoms with Gasteiger partial charge < -0.3 is 20.1 Å². The van der Waals surface area contributed by atoms with E-state index < -0.39 is 5.97 Å². The largest absolute Gasteiger partial charge is 0.565 e. The third-order valence-electron chi connectivity index (χ3n) is 4.48. The number of carbonyl (C=O) groups excluding carboxylic acids is 1. The summed E-state index contributed by atoms with van der Waals surface area (Å²) in [7, 11) is 0. The van der Waals surface area contributed by atoms with Crippen LogP contribution in [-0.4, -0.2) is 47.5 Å². The number of hydrogen-bond donors (Lipinski definition) is 1. The van der Waals surface area contributed by atoms with Gasteiger partial charge in [0.15, 0.2) is 5.75 Å². The first-order chi connectivity index (χ1) is 12.6. The predicted octanol–water partition coefficient (Wildman–Crippen LogP) is 2.44. The summed E-state index contributed by atoms with van der Waals surface area (Å²) in [6.45, 7) is 2.09. The van der Waals surface area contributed by atoms with E-state index in [1.807, 2.05) is 30.3 Å². The van der Waals surface area contributed by atoms with Crippen molar-refractivity contribution in [3.8, 4) is 11.5 Å². The van der Waals surface area contributed by atoms with E-state index in [-0.39, 0.29) is 12.5 Å². The number of ether oxygens (including phenoxy) is 1. The number of halogens is 1. The molecule has 2 heterocycles. The Morgan fingerprint density at radius 2 is 2.15 bits per heavy atom. The van der Waals surface area contributed by atoms with Crippen LogP contribution < -0.4 is 10.1 Å². The Bertz CT molecular complexity index is 884. The molecule has 0 radical (unpaired) electrons. The monoisotopic (exact) mass is 372 g/mol. The van der Waals surface area contributed by atoms with Crippen molar-refractivity contribution in [2.45, 2.75) is 12.5 Å². The van der Waals surface area contributed by atoms with Gasteiger partial charge in [0.25, 0.3) is 0 Å². The van der Waals surface area contributed by atoms with E-state index in [0.29, 0.717) is 23.0 Å². The lowest BCUT2D eigenvalue weighted by Gasteiger charge is -2.34. The molecule has 1 fully saturated rings. The second-order valence-electron chi connectivity index (χ2n) is 6.37. The van der Waals surface area contributed by atoms with Crippen LogP contribution in [-0.2, 0) is 4.79 Å². The van der Waals surface area contributed by atoms with Gasteiger partial charge in [-0.1, -0.05) is 23.7 Å². The van der Waals surface area contributed by atoms with Gasteiger partial charge >= 0.3 is 5.97 Å². The average molecular weight is 373 g/mol. The third kappa shape index (κ3) is 3.38. The minimum Gasteiger partial charge on any atom is -0.565 e. The van der Waals surface area contributed by atoms with Gasteiger partial charge in [-0.05, 0) is 30.3 Å². The lowest BCUT2D eigenvalue weighted by atomic mass is 10.1. The Morgan fingerprint density at radius 1 is 1.31 bits per heavy atom. The highest BCUT2D eigenvalue weighted by molar-refractivity contribution is 6.31. The predicted molar refractivity (Wildman–Crippen MR) is 101 cm³/mol. The van der Waals surface area contributed by atoms with E-state index >= 15 is 0 Å². The molecule has 0 aromatic heterocycles. The fourth-order valence-electron chi connectivity index (χ4n) is 3.32. The number of para-hydroxylation sites is 1. The standard InChI is InChI=1S/C19H18ClN3O3/c20-12-5-6-17-15(9-12)22-19(14-3-1-2-4-16(14)26-17)23-8-7-21-13(11-23)10-18(24)25/h1-6,9,13,21H,7-8,10-11H2,(H,24,25)/p+1/t13-/m1/s1. The number of amidine groups is 1. The molecule has 1 saturated heterocycles. The molecule has 0 spiro atoms. The zero-order chi connectivity index (χ0) is 18.1. The molecule has 0 aliphatic carbocycles. The molecule has 2 aromatic carbocycles. The molecule has 2 aliphatic heterocycles. The van der Waals surface area contributed by atoms with Gasteiger partial charge in [0.1, 0.15) is 23.7 Å². The van der Waals surface area contributed by atoms with Gasteiger partial charge in [-0.25, -0.2) is 4.99 Å². The van der Waals surface area contributed by atoms with E-state index in [1.165, 1.54) is 0 Å². The molecule has 3 N–H and O–H groups in total. The maximum absolute atomic E-state index is 11.2. The summed E-state index contributed by atoms with van der Waals surface area (Å²) in [6, 6.07) is 13.1. The van der Waals surface area contributed by atoms with Crippen molar-refractivity contribution in [2.24, 2.45) is 4.99 Å². The Kier molecular flexibility index (Phi) is 4.53. The van der Waals surface area contributed by atoms with Crippen LogP contribution in [0.4, 0.5) is 5.69 Å². The zero-order valence-electron chi connectivity index (χ0n) is 14.0. The molecule has 134 valence electrons. The molecule has 0 saturated carbocycles. The van der Waals surface area contributed by atoms with Crippen molar-refractivity contribution in [3.63, 3.8) is 0 Å². The summed E-state index contributed by atoms with van der Waals surface area (Å²) in [5.41, 5.74) is 1.58. The molecular formula is C19H19ClN3O3+. The first-order valence-electron chi connectivity index (χ1n) is 8.48. The summed E-state index contributed by atoms with van der Waals surface area (Å²) >= 11 is 6.15. The van der Waals surface area contributed by atoms with E-state index in [2.05, 4.69) is 10.2 Å². The van der Waals surface area contributed by atoms with E-state index in [1.54, 1.807) is 12.1 Å². The Balaban J connectivity index is 1.76. The Morgan fingerprint density at radius 3 is 3.00 bits per heavy atom. The number of nitrogens with one attached hydrogen (secondary N) is 1. The van der Waals surface area contributed by atoms with Crippen LogP contribution in [0.1, 0.15) is 12.0 Å². The van der Waals surface area contributed by atoms with Crippen LogP contribution in [0, 0.1) is 0 Å². The maximum Gasteiger partial charge on any atom is 0.517 e. The zero-order valence-corrected chi connectivity index (χ0v) is 14.8. The SMILES string of the molecule is O=C([OH2+])C[C@@H]1CN(C2=Nc3cc(Cl)ccc3Oc3ccccc32)CCN1. The van der Waals surface area contributed by atoms with Gasteiger partial charge in [0, 0.05) is 35.5 Å². The van der Waals surface area contributed by atoms with Crippen LogP contribution in [0.2, 0.25) is 5.02 Å². The quantitative estimate of drug-likeness (QED) is 0.821. The highest BCUT2D eigenvalue weighted by atomic mass is 35.5. The van der Waals surface area contributed by atoms with E-state index in [9.17, 15) is 4.79 Å². The number of piperazine rings is 1. The van der Waals surface area contributed by atoms with E-state index in [0.717, 1.165) is 30.2 Å². The third-order valence-corrected chi connectivity index (χ3v) is 4.72. The second kappa shape index (κ2) is 6.97. The highest BCUT2D eigenvalue weighted by Crippen LogP contribution is 2.39. The molecule has 0 amide bonds. The van der Waals surface area contributed by atoms with E-state index in [4.69, 9.17) is 26.4 Å². The number of nitrogens with zero attached hydrogens (tertiary/aromatic N) is 2. The minimum atomic E-state index is -0.562. The smallest absolute Gasteiger partial charge is 0.517 e. The molecule has 26 heavy (non-hydrogen) atoms. The molecule has 1 atom stereocenters. The molecule has 4 rings (SSSR count). The molecule has 2 aromatic rings. The van der Waals surface area contributed by atoms with Crippen molar-refractivity contribution in [1.29, 1.82) is 0 Å². The summed E-state index contributed by atoms with van der Waals surface area (Å²) in [5, 5.41) is 11.1. The van der Waals surface area contributed by atoms with Crippen LogP contribution >= 0.6 is 11.6 Å².